The Morgan fingerprint density at radius 2 is 2.05 bits per heavy atom. The normalized spacial score (nSPS) is 16.5. The Kier molecular flexibility index (Phi) is 4.34. The van der Waals surface area contributed by atoms with Crippen LogP contribution in [0.4, 0.5) is 5.69 Å². The summed E-state index contributed by atoms with van der Waals surface area (Å²) in [6.45, 7) is 2.50. The molecule has 2 aromatic carbocycles. The van der Waals surface area contributed by atoms with Gasteiger partial charge in [-0.15, -0.1) is 0 Å². The third-order valence-electron chi connectivity index (χ3n) is 3.93. The van der Waals surface area contributed by atoms with Gasteiger partial charge >= 0.3 is 0 Å². The van der Waals surface area contributed by atoms with E-state index in [0.717, 1.165) is 23.4 Å². The maximum absolute atomic E-state index is 12.4. The quantitative estimate of drug-likeness (QED) is 0.926. The van der Waals surface area contributed by atoms with E-state index in [4.69, 9.17) is 16.3 Å². The number of anilines is 1. The molecule has 1 aliphatic rings. The van der Waals surface area contributed by atoms with E-state index in [1.54, 1.807) is 6.07 Å². The summed E-state index contributed by atoms with van der Waals surface area (Å²) in [7, 11) is 0. The summed E-state index contributed by atoms with van der Waals surface area (Å²) >= 11 is 6.01. The Bertz CT molecular complexity index is 682. The highest BCUT2D eigenvalue weighted by Crippen LogP contribution is 2.30. The predicted molar refractivity (Wildman–Crippen MR) is 88.6 cm³/mol. The molecule has 0 aromatic heterocycles. The first-order valence-corrected chi connectivity index (χ1v) is 7.84. The highest BCUT2D eigenvalue weighted by molar-refractivity contribution is 6.30. The van der Waals surface area contributed by atoms with E-state index >= 15 is 0 Å². The van der Waals surface area contributed by atoms with Gasteiger partial charge in [-0.2, -0.15) is 0 Å². The fourth-order valence-corrected chi connectivity index (χ4v) is 2.79. The van der Waals surface area contributed by atoms with E-state index in [9.17, 15) is 4.79 Å². The van der Waals surface area contributed by atoms with Crippen molar-refractivity contribution in [3.8, 4) is 5.75 Å². The lowest BCUT2D eigenvalue weighted by Gasteiger charge is -2.24. The first-order valence-electron chi connectivity index (χ1n) is 7.46. The molecule has 1 unspecified atom stereocenters. The number of carbonyl (C=O) groups is 1. The molecule has 1 aliphatic heterocycles. The Morgan fingerprint density at radius 3 is 2.77 bits per heavy atom. The summed E-state index contributed by atoms with van der Waals surface area (Å²) in [5.41, 5.74) is 3.06. The van der Waals surface area contributed by atoms with Crippen LogP contribution in [-0.4, -0.2) is 12.5 Å². The number of carbonyl (C=O) groups excluding carboxylic acids is 1. The molecule has 1 amide bonds. The summed E-state index contributed by atoms with van der Waals surface area (Å²) in [5, 5.41) is 3.62. The number of halogens is 1. The van der Waals surface area contributed by atoms with Crippen molar-refractivity contribution >= 4 is 23.2 Å². The van der Waals surface area contributed by atoms with Gasteiger partial charge in [-0.25, -0.2) is 0 Å². The SMILES string of the molecule is CCc1ccc(NC(=O)C2COc3ccc(Cl)cc3C2)cc1. The average Bonchev–Trinajstić information content (AvgIpc) is 2.54. The van der Waals surface area contributed by atoms with Crippen LogP contribution in [0.5, 0.6) is 5.75 Å². The number of nitrogens with one attached hydrogen (secondary N) is 1. The van der Waals surface area contributed by atoms with Crippen LogP contribution in [0, 0.1) is 5.92 Å². The van der Waals surface area contributed by atoms with Gasteiger partial charge in [0.05, 0.1) is 5.92 Å². The molecule has 1 heterocycles. The van der Waals surface area contributed by atoms with Crippen LogP contribution in [0.15, 0.2) is 42.5 Å². The van der Waals surface area contributed by atoms with Crippen LogP contribution in [-0.2, 0) is 17.6 Å². The van der Waals surface area contributed by atoms with Gasteiger partial charge in [0.15, 0.2) is 0 Å². The molecule has 2 aromatic rings. The molecule has 0 fully saturated rings. The fraction of sp³-hybridized carbons (Fsp3) is 0.278. The molecule has 1 atom stereocenters. The van der Waals surface area contributed by atoms with Crippen LogP contribution in [0.3, 0.4) is 0 Å². The zero-order valence-electron chi connectivity index (χ0n) is 12.4. The van der Waals surface area contributed by atoms with Crippen molar-refractivity contribution in [1.29, 1.82) is 0 Å². The molecule has 0 saturated heterocycles. The Labute approximate surface area is 135 Å². The number of amides is 1. The molecule has 1 N–H and O–H groups in total. The van der Waals surface area contributed by atoms with Gasteiger partial charge in [0.2, 0.25) is 5.91 Å². The topological polar surface area (TPSA) is 38.3 Å². The van der Waals surface area contributed by atoms with E-state index in [-0.39, 0.29) is 11.8 Å². The Morgan fingerprint density at radius 1 is 1.27 bits per heavy atom. The molecule has 0 radical (unpaired) electrons. The number of hydrogen-bond acceptors (Lipinski definition) is 2. The van der Waals surface area contributed by atoms with E-state index in [0.29, 0.717) is 18.1 Å². The molecule has 3 rings (SSSR count). The van der Waals surface area contributed by atoms with Crippen LogP contribution in [0.2, 0.25) is 5.02 Å². The van der Waals surface area contributed by atoms with Gasteiger partial charge in [-0.1, -0.05) is 30.7 Å². The van der Waals surface area contributed by atoms with Crippen molar-refractivity contribution in [1.82, 2.24) is 0 Å². The van der Waals surface area contributed by atoms with Gasteiger partial charge in [0, 0.05) is 10.7 Å². The molecule has 3 nitrogen and oxygen atoms in total. The lowest BCUT2D eigenvalue weighted by atomic mass is 9.96. The highest BCUT2D eigenvalue weighted by atomic mass is 35.5. The van der Waals surface area contributed by atoms with E-state index < -0.39 is 0 Å². The number of rotatable bonds is 3. The van der Waals surface area contributed by atoms with E-state index in [1.807, 2.05) is 36.4 Å². The largest absolute Gasteiger partial charge is 0.492 e. The zero-order chi connectivity index (χ0) is 15.5. The fourth-order valence-electron chi connectivity index (χ4n) is 2.60. The lowest BCUT2D eigenvalue weighted by Crippen LogP contribution is -2.32. The average molecular weight is 316 g/mol. The van der Waals surface area contributed by atoms with Crippen molar-refractivity contribution in [3.63, 3.8) is 0 Å². The van der Waals surface area contributed by atoms with E-state index in [2.05, 4.69) is 12.2 Å². The van der Waals surface area contributed by atoms with Crippen molar-refractivity contribution in [3.05, 3.63) is 58.6 Å². The van der Waals surface area contributed by atoms with Gasteiger partial charge < -0.3 is 10.1 Å². The van der Waals surface area contributed by atoms with Crippen molar-refractivity contribution in [2.24, 2.45) is 5.92 Å². The summed E-state index contributed by atoms with van der Waals surface area (Å²) in [6.07, 6.45) is 1.64. The van der Waals surface area contributed by atoms with Crippen molar-refractivity contribution in [2.45, 2.75) is 19.8 Å². The Hall–Kier alpha value is -2.00. The summed E-state index contributed by atoms with van der Waals surface area (Å²) in [6, 6.07) is 13.5. The maximum atomic E-state index is 12.4. The number of aryl methyl sites for hydroxylation is 1. The minimum absolute atomic E-state index is 0.0186. The second-order valence-electron chi connectivity index (χ2n) is 5.50. The Balaban J connectivity index is 1.68. The van der Waals surface area contributed by atoms with Crippen LogP contribution < -0.4 is 10.1 Å². The molecule has 0 bridgehead atoms. The number of hydrogen-bond donors (Lipinski definition) is 1. The van der Waals surface area contributed by atoms with Crippen LogP contribution >= 0.6 is 11.6 Å². The molecule has 22 heavy (non-hydrogen) atoms. The number of fused-ring (bicyclic) bond motifs is 1. The molecule has 0 spiro atoms. The standard InChI is InChI=1S/C18H18ClNO2/c1-2-12-3-6-16(7-4-12)20-18(21)14-9-13-10-15(19)5-8-17(13)22-11-14/h3-8,10,14H,2,9,11H2,1H3,(H,20,21). The van der Waals surface area contributed by atoms with E-state index in [1.165, 1.54) is 5.56 Å². The molecular formula is C18H18ClNO2. The van der Waals surface area contributed by atoms with Gasteiger partial charge in [0.1, 0.15) is 12.4 Å². The molecule has 0 aliphatic carbocycles. The maximum Gasteiger partial charge on any atom is 0.231 e. The third-order valence-corrected chi connectivity index (χ3v) is 4.16. The highest BCUT2D eigenvalue weighted by Gasteiger charge is 2.26. The monoisotopic (exact) mass is 315 g/mol. The van der Waals surface area contributed by atoms with Gasteiger partial charge in [-0.3, -0.25) is 4.79 Å². The minimum Gasteiger partial charge on any atom is -0.492 e. The van der Waals surface area contributed by atoms with Crippen LogP contribution in [0.1, 0.15) is 18.1 Å². The van der Waals surface area contributed by atoms with Gasteiger partial charge in [0.25, 0.3) is 0 Å². The summed E-state index contributed by atoms with van der Waals surface area (Å²) in [4.78, 5) is 12.4. The smallest absolute Gasteiger partial charge is 0.231 e. The lowest BCUT2D eigenvalue weighted by molar-refractivity contribution is -0.121. The minimum atomic E-state index is -0.197. The molecule has 4 heteroatoms. The molecule has 0 saturated carbocycles. The first kappa shape index (κ1) is 14.9. The summed E-state index contributed by atoms with van der Waals surface area (Å²) < 4.78 is 5.67. The number of ether oxygens (including phenoxy) is 1. The first-order chi connectivity index (χ1) is 10.7. The molecular weight excluding hydrogens is 298 g/mol. The number of benzene rings is 2. The predicted octanol–water partition coefficient (Wildman–Crippen LogP) is 4.09. The molecule has 114 valence electrons. The summed E-state index contributed by atoms with van der Waals surface area (Å²) in [5.74, 6) is 0.604. The van der Waals surface area contributed by atoms with Crippen LogP contribution in [0.25, 0.3) is 0 Å². The zero-order valence-corrected chi connectivity index (χ0v) is 13.2. The second-order valence-corrected chi connectivity index (χ2v) is 5.94. The van der Waals surface area contributed by atoms with Gasteiger partial charge in [-0.05, 0) is 54.3 Å². The van der Waals surface area contributed by atoms with Crippen molar-refractivity contribution in [2.75, 3.05) is 11.9 Å². The second kappa shape index (κ2) is 6.41. The van der Waals surface area contributed by atoms with Crippen molar-refractivity contribution < 1.29 is 9.53 Å². The third kappa shape index (κ3) is 3.25.